The average Bonchev–Trinajstić information content (AvgIpc) is 3.22. The van der Waals surface area contributed by atoms with Gasteiger partial charge in [-0.1, -0.05) is 63.2 Å². The van der Waals surface area contributed by atoms with Crippen molar-refractivity contribution in [2.75, 3.05) is 19.7 Å². The van der Waals surface area contributed by atoms with Gasteiger partial charge in [-0.2, -0.15) is 0 Å². The van der Waals surface area contributed by atoms with Crippen LogP contribution < -0.4 is 0 Å². The maximum Gasteiger partial charge on any atom is 0.324 e. The third-order valence-corrected chi connectivity index (χ3v) is 6.42. The molecule has 0 saturated carbocycles. The van der Waals surface area contributed by atoms with E-state index in [-0.39, 0.29) is 12.0 Å². The second kappa shape index (κ2) is 9.06. The van der Waals surface area contributed by atoms with E-state index in [9.17, 15) is 9.90 Å². The van der Waals surface area contributed by atoms with Gasteiger partial charge in [-0.05, 0) is 48.7 Å². The summed E-state index contributed by atoms with van der Waals surface area (Å²) in [6.45, 7) is 8.38. The SMILES string of the molecule is CCC(c1ccc2ccccc2c1)C(CC1CCCO1)(C(=O)O)N(CC)CC. The molecule has 1 aliphatic heterocycles. The lowest BCUT2D eigenvalue weighted by molar-refractivity contribution is -0.156. The van der Waals surface area contributed by atoms with Gasteiger partial charge in [0.2, 0.25) is 0 Å². The molecule has 2 aromatic carbocycles. The number of aliphatic carboxylic acids is 1. The van der Waals surface area contributed by atoms with E-state index in [0.717, 1.165) is 36.8 Å². The summed E-state index contributed by atoms with van der Waals surface area (Å²) in [4.78, 5) is 15.0. The molecule has 0 radical (unpaired) electrons. The lowest BCUT2D eigenvalue weighted by atomic mass is 9.72. The molecule has 152 valence electrons. The number of likely N-dealkylation sites (N-methyl/N-ethyl adjacent to an activating group) is 1. The van der Waals surface area contributed by atoms with Crippen LogP contribution in [0.1, 0.15) is 57.9 Å². The van der Waals surface area contributed by atoms with Crippen molar-refractivity contribution in [3.63, 3.8) is 0 Å². The zero-order chi connectivity index (χ0) is 20.1. The van der Waals surface area contributed by atoms with E-state index in [1.54, 1.807) is 0 Å². The second-order valence-corrected chi connectivity index (χ2v) is 7.81. The Balaban J connectivity index is 2.11. The van der Waals surface area contributed by atoms with Gasteiger partial charge in [0, 0.05) is 18.9 Å². The third-order valence-electron chi connectivity index (χ3n) is 6.42. The number of carbonyl (C=O) groups is 1. The van der Waals surface area contributed by atoms with E-state index in [1.807, 2.05) is 12.1 Å². The molecular weight excluding hydrogens is 350 g/mol. The van der Waals surface area contributed by atoms with Crippen LogP contribution in [0.15, 0.2) is 42.5 Å². The molecular formula is C24H33NO3. The number of carboxylic acids is 1. The van der Waals surface area contributed by atoms with Crippen molar-refractivity contribution in [1.82, 2.24) is 4.90 Å². The first kappa shape index (κ1) is 20.8. The molecule has 2 aromatic rings. The van der Waals surface area contributed by atoms with Crippen LogP contribution in [0.4, 0.5) is 0 Å². The number of hydrogen-bond donors (Lipinski definition) is 1. The van der Waals surface area contributed by atoms with Crippen molar-refractivity contribution in [2.45, 2.75) is 64.0 Å². The Morgan fingerprint density at radius 3 is 2.46 bits per heavy atom. The van der Waals surface area contributed by atoms with E-state index in [2.05, 4.69) is 56.0 Å². The number of benzene rings is 2. The Labute approximate surface area is 168 Å². The maximum absolute atomic E-state index is 12.9. The van der Waals surface area contributed by atoms with Gasteiger partial charge in [0.1, 0.15) is 5.54 Å². The highest BCUT2D eigenvalue weighted by Gasteiger charge is 2.51. The monoisotopic (exact) mass is 383 g/mol. The molecule has 0 spiro atoms. The summed E-state index contributed by atoms with van der Waals surface area (Å²) >= 11 is 0. The number of nitrogens with zero attached hydrogens (tertiary/aromatic N) is 1. The second-order valence-electron chi connectivity index (χ2n) is 7.81. The first-order chi connectivity index (χ1) is 13.6. The van der Waals surface area contributed by atoms with Crippen LogP contribution in [0.5, 0.6) is 0 Å². The molecule has 1 heterocycles. The molecule has 4 nitrogen and oxygen atoms in total. The molecule has 4 heteroatoms. The van der Waals surface area contributed by atoms with Gasteiger partial charge in [-0.3, -0.25) is 9.69 Å². The molecule has 3 atom stereocenters. The summed E-state index contributed by atoms with van der Waals surface area (Å²) < 4.78 is 5.91. The largest absolute Gasteiger partial charge is 0.480 e. The van der Waals surface area contributed by atoms with Gasteiger partial charge >= 0.3 is 5.97 Å². The van der Waals surface area contributed by atoms with Gasteiger partial charge < -0.3 is 9.84 Å². The Kier molecular flexibility index (Phi) is 6.73. The van der Waals surface area contributed by atoms with Crippen molar-refractivity contribution < 1.29 is 14.6 Å². The quantitative estimate of drug-likeness (QED) is 0.657. The summed E-state index contributed by atoms with van der Waals surface area (Å²) in [7, 11) is 0. The topological polar surface area (TPSA) is 49.8 Å². The first-order valence-electron chi connectivity index (χ1n) is 10.7. The van der Waals surface area contributed by atoms with Crippen LogP contribution in [0.3, 0.4) is 0 Å². The summed E-state index contributed by atoms with van der Waals surface area (Å²) in [5.41, 5.74) is 0.143. The number of hydrogen-bond acceptors (Lipinski definition) is 3. The van der Waals surface area contributed by atoms with E-state index in [0.29, 0.717) is 19.5 Å². The molecule has 3 unspecified atom stereocenters. The van der Waals surface area contributed by atoms with Crippen LogP contribution in [0.25, 0.3) is 10.8 Å². The minimum atomic E-state index is -0.963. The third kappa shape index (κ3) is 3.81. The van der Waals surface area contributed by atoms with E-state index in [4.69, 9.17) is 4.74 Å². The Morgan fingerprint density at radius 1 is 1.18 bits per heavy atom. The van der Waals surface area contributed by atoms with Crippen molar-refractivity contribution >= 4 is 16.7 Å². The van der Waals surface area contributed by atoms with Gasteiger partial charge in [0.15, 0.2) is 0 Å². The zero-order valence-corrected chi connectivity index (χ0v) is 17.4. The van der Waals surface area contributed by atoms with Crippen LogP contribution in [-0.4, -0.2) is 47.3 Å². The number of carboxylic acid groups (broad SMARTS) is 1. The Bertz CT molecular complexity index is 795. The van der Waals surface area contributed by atoms with Crippen LogP contribution >= 0.6 is 0 Å². The molecule has 1 saturated heterocycles. The van der Waals surface area contributed by atoms with Crippen molar-refractivity contribution in [2.24, 2.45) is 0 Å². The molecule has 0 bridgehead atoms. The maximum atomic E-state index is 12.9. The first-order valence-corrected chi connectivity index (χ1v) is 10.7. The van der Waals surface area contributed by atoms with E-state index >= 15 is 0 Å². The van der Waals surface area contributed by atoms with Crippen molar-refractivity contribution in [1.29, 1.82) is 0 Å². The highest BCUT2D eigenvalue weighted by atomic mass is 16.5. The normalized spacial score (nSPS) is 20.4. The highest BCUT2D eigenvalue weighted by molar-refractivity contribution is 5.84. The van der Waals surface area contributed by atoms with Crippen LogP contribution in [-0.2, 0) is 9.53 Å². The summed E-state index contributed by atoms with van der Waals surface area (Å²) in [6, 6.07) is 14.7. The van der Waals surface area contributed by atoms with Gasteiger partial charge in [-0.15, -0.1) is 0 Å². The summed E-state index contributed by atoms with van der Waals surface area (Å²) in [5, 5.41) is 12.9. The molecule has 3 rings (SSSR count). The molecule has 0 amide bonds. The van der Waals surface area contributed by atoms with Gasteiger partial charge in [-0.25, -0.2) is 0 Å². The molecule has 1 fully saturated rings. The van der Waals surface area contributed by atoms with Crippen molar-refractivity contribution in [3.8, 4) is 0 Å². The highest BCUT2D eigenvalue weighted by Crippen LogP contribution is 2.42. The smallest absolute Gasteiger partial charge is 0.324 e. The predicted molar refractivity (Wildman–Crippen MR) is 114 cm³/mol. The fraction of sp³-hybridized carbons (Fsp3) is 0.542. The minimum absolute atomic E-state index is 0.0196. The van der Waals surface area contributed by atoms with Gasteiger partial charge in [0.05, 0.1) is 6.10 Å². The molecule has 1 aliphatic rings. The molecule has 1 N–H and O–H groups in total. The van der Waals surface area contributed by atoms with E-state index < -0.39 is 11.5 Å². The molecule has 0 aromatic heterocycles. The van der Waals surface area contributed by atoms with E-state index in [1.165, 1.54) is 5.39 Å². The lowest BCUT2D eigenvalue weighted by Gasteiger charge is -2.46. The fourth-order valence-corrected chi connectivity index (χ4v) is 5.08. The Morgan fingerprint density at radius 2 is 1.89 bits per heavy atom. The minimum Gasteiger partial charge on any atom is -0.480 e. The van der Waals surface area contributed by atoms with Crippen molar-refractivity contribution in [3.05, 3.63) is 48.0 Å². The fourth-order valence-electron chi connectivity index (χ4n) is 5.08. The summed E-state index contributed by atoms with van der Waals surface area (Å²) in [5.74, 6) is -0.828. The standard InChI is InChI=1S/C24H33NO3/c1-4-22(20-14-13-18-10-7-8-11-19(18)16-20)24(23(26)27,25(5-2)6-3)17-21-12-9-15-28-21/h7-8,10-11,13-14,16,21-22H,4-6,9,12,15,17H2,1-3H3,(H,26,27). The van der Waals surface area contributed by atoms with Crippen LogP contribution in [0, 0.1) is 0 Å². The number of rotatable bonds is 9. The number of ether oxygens (including phenoxy) is 1. The Hall–Kier alpha value is -1.91. The predicted octanol–water partition coefficient (Wildman–Crippen LogP) is 5.07. The summed E-state index contributed by atoms with van der Waals surface area (Å²) in [6.07, 6.45) is 3.30. The molecule has 28 heavy (non-hydrogen) atoms. The average molecular weight is 384 g/mol. The van der Waals surface area contributed by atoms with Gasteiger partial charge in [0.25, 0.3) is 0 Å². The molecule has 0 aliphatic carbocycles. The van der Waals surface area contributed by atoms with Crippen LogP contribution in [0.2, 0.25) is 0 Å². The zero-order valence-electron chi connectivity index (χ0n) is 17.4. The lowest BCUT2D eigenvalue weighted by Crippen LogP contribution is -2.60. The number of fused-ring (bicyclic) bond motifs is 1.